The lowest BCUT2D eigenvalue weighted by atomic mass is 10.0. The van der Waals surface area contributed by atoms with Crippen molar-refractivity contribution in [1.29, 1.82) is 0 Å². The van der Waals surface area contributed by atoms with Crippen molar-refractivity contribution in [2.75, 3.05) is 0 Å². The standard InChI is InChI=1S/C14H8F3/c15-14(16,17)11-5-6-13-10(8-11)7-9-3-1-2-4-12(9)13/h1-4,6,8H,7H2. The van der Waals surface area contributed by atoms with Gasteiger partial charge in [0.25, 0.3) is 0 Å². The van der Waals surface area contributed by atoms with E-state index in [1.165, 1.54) is 12.1 Å². The van der Waals surface area contributed by atoms with E-state index in [9.17, 15) is 13.2 Å². The number of fused-ring (bicyclic) bond motifs is 3. The summed E-state index contributed by atoms with van der Waals surface area (Å²) in [7, 11) is 0. The molecule has 0 bridgehead atoms. The van der Waals surface area contributed by atoms with Crippen molar-refractivity contribution in [3.63, 3.8) is 0 Å². The van der Waals surface area contributed by atoms with Crippen LogP contribution in [0.2, 0.25) is 0 Å². The maximum Gasteiger partial charge on any atom is 0.417 e. The molecule has 1 aliphatic rings. The summed E-state index contributed by atoms with van der Waals surface area (Å²) in [5.74, 6) is 0. The molecular weight excluding hydrogens is 225 g/mol. The van der Waals surface area contributed by atoms with Gasteiger partial charge in [-0.2, -0.15) is 13.2 Å². The van der Waals surface area contributed by atoms with Crippen LogP contribution >= 0.6 is 0 Å². The van der Waals surface area contributed by atoms with Crippen LogP contribution < -0.4 is 0 Å². The highest BCUT2D eigenvalue weighted by Crippen LogP contribution is 2.39. The molecule has 3 rings (SSSR count). The Morgan fingerprint density at radius 3 is 2.53 bits per heavy atom. The van der Waals surface area contributed by atoms with Crippen molar-refractivity contribution < 1.29 is 13.2 Å². The Kier molecular flexibility index (Phi) is 2.05. The maximum atomic E-state index is 12.6. The van der Waals surface area contributed by atoms with Gasteiger partial charge in [0.1, 0.15) is 0 Å². The van der Waals surface area contributed by atoms with Crippen molar-refractivity contribution in [2.45, 2.75) is 12.6 Å². The zero-order valence-electron chi connectivity index (χ0n) is 8.81. The molecule has 0 spiro atoms. The third-order valence-electron chi connectivity index (χ3n) is 3.03. The van der Waals surface area contributed by atoms with Gasteiger partial charge in [-0.1, -0.05) is 24.3 Å². The fraction of sp³-hybridized carbons (Fsp3) is 0.143. The summed E-state index contributed by atoms with van der Waals surface area (Å²) in [6, 6.07) is 12.7. The maximum absolute atomic E-state index is 12.6. The smallest absolute Gasteiger partial charge is 0.166 e. The molecule has 1 aliphatic carbocycles. The fourth-order valence-corrected chi connectivity index (χ4v) is 2.24. The molecule has 1 radical (unpaired) electrons. The Morgan fingerprint density at radius 1 is 1.00 bits per heavy atom. The molecule has 0 saturated carbocycles. The first-order valence-electron chi connectivity index (χ1n) is 5.26. The Bertz CT molecular complexity index is 582. The van der Waals surface area contributed by atoms with Gasteiger partial charge < -0.3 is 0 Å². The molecule has 0 saturated heterocycles. The molecule has 0 fully saturated rings. The van der Waals surface area contributed by atoms with Crippen molar-refractivity contribution in [3.05, 3.63) is 59.2 Å². The molecule has 17 heavy (non-hydrogen) atoms. The van der Waals surface area contributed by atoms with E-state index in [1.807, 2.05) is 24.3 Å². The molecule has 0 nitrogen and oxygen atoms in total. The first-order chi connectivity index (χ1) is 8.05. The van der Waals surface area contributed by atoms with E-state index in [-0.39, 0.29) is 0 Å². The minimum atomic E-state index is -4.32. The van der Waals surface area contributed by atoms with Crippen LogP contribution in [0.3, 0.4) is 0 Å². The van der Waals surface area contributed by atoms with Gasteiger partial charge in [-0.25, -0.2) is 0 Å². The van der Waals surface area contributed by atoms with Crippen LogP contribution in [0.15, 0.2) is 36.4 Å². The van der Waals surface area contributed by atoms with E-state index < -0.39 is 11.7 Å². The summed E-state index contributed by atoms with van der Waals surface area (Å²) in [4.78, 5) is 0. The molecule has 0 N–H and O–H groups in total. The number of alkyl halides is 3. The van der Waals surface area contributed by atoms with E-state index in [0.29, 0.717) is 6.42 Å². The predicted octanol–water partition coefficient (Wildman–Crippen LogP) is 4.08. The third-order valence-corrected chi connectivity index (χ3v) is 3.03. The number of hydrogen-bond donors (Lipinski definition) is 0. The van der Waals surface area contributed by atoms with Crippen LogP contribution in [0.5, 0.6) is 0 Å². The number of halogens is 3. The quantitative estimate of drug-likeness (QED) is 0.549. The molecule has 0 aromatic heterocycles. The Balaban J connectivity index is 2.13. The average Bonchev–Trinajstić information content (AvgIpc) is 2.65. The van der Waals surface area contributed by atoms with E-state index in [2.05, 4.69) is 6.07 Å². The molecule has 0 amide bonds. The monoisotopic (exact) mass is 233 g/mol. The summed E-state index contributed by atoms with van der Waals surface area (Å²) in [6.07, 6.45) is -3.74. The summed E-state index contributed by atoms with van der Waals surface area (Å²) in [6.45, 7) is 0. The Morgan fingerprint density at radius 2 is 1.76 bits per heavy atom. The second-order valence-electron chi connectivity index (χ2n) is 4.12. The molecule has 0 aliphatic heterocycles. The zero-order chi connectivity index (χ0) is 12.0. The van der Waals surface area contributed by atoms with Gasteiger partial charge in [0.05, 0.1) is 5.56 Å². The molecule has 85 valence electrons. The predicted molar refractivity (Wildman–Crippen MR) is 58.5 cm³/mol. The van der Waals surface area contributed by atoms with Crippen LogP contribution in [0.1, 0.15) is 16.7 Å². The van der Waals surface area contributed by atoms with Gasteiger partial charge in [-0.05, 0) is 46.9 Å². The number of rotatable bonds is 0. The highest BCUT2D eigenvalue weighted by Gasteiger charge is 2.32. The van der Waals surface area contributed by atoms with E-state index in [1.54, 1.807) is 0 Å². The number of benzene rings is 2. The molecule has 0 atom stereocenters. The first kappa shape index (κ1) is 10.4. The van der Waals surface area contributed by atoms with E-state index in [0.717, 1.165) is 22.3 Å². The van der Waals surface area contributed by atoms with Gasteiger partial charge in [0, 0.05) is 0 Å². The van der Waals surface area contributed by atoms with Crippen molar-refractivity contribution in [2.24, 2.45) is 0 Å². The SMILES string of the molecule is FC(F)(F)c1[c]cc2c(c1)Cc1ccccc1-2. The summed E-state index contributed by atoms with van der Waals surface area (Å²) >= 11 is 0. The second kappa shape index (κ2) is 3.36. The van der Waals surface area contributed by atoms with Crippen LogP contribution in [0.25, 0.3) is 11.1 Å². The summed E-state index contributed by atoms with van der Waals surface area (Å²) < 4.78 is 37.7. The zero-order valence-corrected chi connectivity index (χ0v) is 8.81. The van der Waals surface area contributed by atoms with Crippen molar-refractivity contribution in [1.82, 2.24) is 0 Å². The Hall–Kier alpha value is -1.77. The van der Waals surface area contributed by atoms with Gasteiger partial charge in [0.2, 0.25) is 0 Å². The highest BCUT2D eigenvalue weighted by atomic mass is 19.4. The lowest BCUT2D eigenvalue weighted by molar-refractivity contribution is -0.137. The normalized spacial score (nSPS) is 13.4. The van der Waals surface area contributed by atoms with E-state index in [4.69, 9.17) is 0 Å². The molecule has 2 aromatic carbocycles. The molecular formula is C14H8F3. The van der Waals surface area contributed by atoms with Crippen LogP contribution in [-0.2, 0) is 12.6 Å². The van der Waals surface area contributed by atoms with Crippen molar-refractivity contribution in [3.8, 4) is 11.1 Å². The van der Waals surface area contributed by atoms with Crippen LogP contribution in [0, 0.1) is 6.07 Å². The van der Waals surface area contributed by atoms with Gasteiger partial charge in [0.15, 0.2) is 0 Å². The summed E-state index contributed by atoms with van der Waals surface area (Å²) in [5, 5.41) is 0. The highest BCUT2D eigenvalue weighted by molar-refractivity contribution is 5.76. The van der Waals surface area contributed by atoms with E-state index >= 15 is 0 Å². The molecule has 3 heteroatoms. The number of hydrogen-bond acceptors (Lipinski definition) is 0. The Labute approximate surface area is 96.7 Å². The average molecular weight is 233 g/mol. The van der Waals surface area contributed by atoms with Crippen LogP contribution in [0.4, 0.5) is 13.2 Å². The third kappa shape index (κ3) is 1.62. The van der Waals surface area contributed by atoms with Gasteiger partial charge >= 0.3 is 6.18 Å². The second-order valence-corrected chi connectivity index (χ2v) is 4.12. The molecule has 2 aromatic rings. The lowest BCUT2D eigenvalue weighted by Crippen LogP contribution is -2.05. The molecule has 0 unspecified atom stereocenters. The lowest BCUT2D eigenvalue weighted by Gasteiger charge is -2.08. The summed E-state index contributed by atoms with van der Waals surface area (Å²) in [5.41, 5.74) is 3.01. The fourth-order valence-electron chi connectivity index (χ4n) is 2.24. The topological polar surface area (TPSA) is 0 Å². The van der Waals surface area contributed by atoms with Gasteiger partial charge in [-0.3, -0.25) is 0 Å². The largest absolute Gasteiger partial charge is 0.417 e. The minimum Gasteiger partial charge on any atom is -0.166 e. The van der Waals surface area contributed by atoms with Crippen molar-refractivity contribution >= 4 is 0 Å². The molecule has 0 heterocycles. The first-order valence-corrected chi connectivity index (χ1v) is 5.26. The minimum absolute atomic E-state index is 0.573. The van der Waals surface area contributed by atoms with Crippen LogP contribution in [-0.4, -0.2) is 0 Å². The van der Waals surface area contributed by atoms with Gasteiger partial charge in [-0.15, -0.1) is 0 Å².